The van der Waals surface area contributed by atoms with Gasteiger partial charge in [0.15, 0.2) is 0 Å². The first-order valence-electron chi connectivity index (χ1n) is 8.91. The molecule has 0 N–H and O–H groups in total. The van der Waals surface area contributed by atoms with Gasteiger partial charge in [-0.25, -0.2) is 0 Å². The van der Waals surface area contributed by atoms with Gasteiger partial charge in [-0.2, -0.15) is 0 Å². The van der Waals surface area contributed by atoms with Crippen LogP contribution in [0.15, 0.2) is 36.5 Å². The molecule has 4 nitrogen and oxygen atoms in total. The van der Waals surface area contributed by atoms with Crippen molar-refractivity contribution in [3.05, 3.63) is 36.5 Å². The molecule has 0 atom stereocenters. The molecule has 1 heterocycles. The number of hydrogen-bond donors (Lipinski definition) is 0. The van der Waals surface area contributed by atoms with E-state index >= 15 is 0 Å². The van der Waals surface area contributed by atoms with Crippen molar-refractivity contribution in [2.24, 2.45) is 11.3 Å². The number of pyridine rings is 1. The molecule has 0 amide bonds. The lowest BCUT2D eigenvalue weighted by atomic mass is 9.78. The highest BCUT2D eigenvalue weighted by Gasteiger charge is 2.52. The number of ether oxygens (including phenoxy) is 2. The lowest BCUT2D eigenvalue weighted by molar-refractivity contribution is -0.152. The molecule has 2 aliphatic rings. The van der Waals surface area contributed by atoms with Gasteiger partial charge in [0, 0.05) is 11.6 Å². The minimum absolute atomic E-state index is 0.0161. The molecule has 4 heteroatoms. The van der Waals surface area contributed by atoms with Crippen molar-refractivity contribution >= 4 is 16.9 Å². The Morgan fingerprint density at radius 1 is 1.17 bits per heavy atom. The minimum Gasteiger partial charge on any atom is -0.489 e. The van der Waals surface area contributed by atoms with E-state index in [2.05, 4.69) is 4.98 Å². The average molecular weight is 325 g/mol. The van der Waals surface area contributed by atoms with Crippen molar-refractivity contribution in [1.82, 2.24) is 4.98 Å². The fourth-order valence-corrected chi connectivity index (χ4v) is 3.53. The van der Waals surface area contributed by atoms with Crippen LogP contribution in [0.5, 0.6) is 5.75 Å². The summed E-state index contributed by atoms with van der Waals surface area (Å²) in [5, 5.41) is 0.981. The second-order valence-electron chi connectivity index (χ2n) is 7.09. The summed E-state index contributed by atoms with van der Waals surface area (Å²) >= 11 is 0. The van der Waals surface area contributed by atoms with Crippen LogP contribution in [-0.4, -0.2) is 24.2 Å². The molecular weight excluding hydrogens is 302 g/mol. The Morgan fingerprint density at radius 3 is 2.75 bits per heavy atom. The third-order valence-corrected chi connectivity index (χ3v) is 5.37. The topological polar surface area (TPSA) is 48.4 Å². The third kappa shape index (κ3) is 3.10. The lowest BCUT2D eigenvalue weighted by Crippen LogP contribution is -2.26. The molecule has 0 unspecified atom stereocenters. The molecule has 24 heavy (non-hydrogen) atoms. The number of rotatable bonds is 7. The van der Waals surface area contributed by atoms with Crippen molar-refractivity contribution in [1.29, 1.82) is 0 Å². The Morgan fingerprint density at radius 2 is 2.00 bits per heavy atom. The predicted octanol–water partition coefficient (Wildman–Crippen LogP) is 4.13. The molecule has 4 rings (SSSR count). The highest BCUT2D eigenvalue weighted by Crippen LogP contribution is 2.54. The maximum absolute atomic E-state index is 12.3. The van der Waals surface area contributed by atoms with Crippen LogP contribution in [0.1, 0.15) is 38.5 Å². The van der Waals surface area contributed by atoms with Gasteiger partial charge in [-0.3, -0.25) is 9.78 Å². The molecular formula is C20H23NO3. The van der Waals surface area contributed by atoms with E-state index in [9.17, 15) is 4.79 Å². The molecule has 0 aliphatic heterocycles. The van der Waals surface area contributed by atoms with Gasteiger partial charge >= 0.3 is 5.97 Å². The van der Waals surface area contributed by atoms with Crippen LogP contribution in [0.25, 0.3) is 10.9 Å². The quantitative estimate of drug-likeness (QED) is 0.567. The summed E-state index contributed by atoms with van der Waals surface area (Å²) in [5.74, 6) is 1.52. The molecule has 2 aliphatic carbocycles. The summed E-state index contributed by atoms with van der Waals surface area (Å²) < 4.78 is 11.3. The Labute approximate surface area is 142 Å². The normalized spacial score (nSPS) is 18.8. The van der Waals surface area contributed by atoms with Gasteiger partial charge < -0.3 is 9.47 Å². The highest BCUT2D eigenvalue weighted by atomic mass is 16.6. The summed E-state index contributed by atoms with van der Waals surface area (Å²) in [5.41, 5.74) is 0.749. The van der Waals surface area contributed by atoms with Gasteiger partial charge in [-0.15, -0.1) is 0 Å². The van der Waals surface area contributed by atoms with Crippen molar-refractivity contribution < 1.29 is 14.3 Å². The second kappa shape index (κ2) is 6.42. The first kappa shape index (κ1) is 15.4. The Hall–Kier alpha value is -2.10. The van der Waals surface area contributed by atoms with Gasteiger partial charge in [0.1, 0.15) is 19.0 Å². The molecule has 1 aromatic carbocycles. The summed E-state index contributed by atoms with van der Waals surface area (Å²) in [7, 11) is 0. The standard InChI is InChI=1S/C20H23NO3/c22-19(20(9-10-20)14-15-4-3-5-15)24-13-12-23-18-8-11-21-17-7-2-1-6-16(17)18/h1-2,6-8,11,15H,3-5,9-10,12-14H2. The summed E-state index contributed by atoms with van der Waals surface area (Å²) in [6.07, 6.45) is 8.66. The fraction of sp³-hybridized carbons (Fsp3) is 0.500. The molecule has 0 radical (unpaired) electrons. The van der Waals surface area contributed by atoms with Crippen molar-refractivity contribution in [3.8, 4) is 5.75 Å². The molecule has 0 bridgehead atoms. The van der Waals surface area contributed by atoms with Crippen LogP contribution in [-0.2, 0) is 9.53 Å². The van der Waals surface area contributed by atoms with E-state index in [-0.39, 0.29) is 11.4 Å². The number of nitrogens with zero attached hydrogens (tertiary/aromatic N) is 1. The Bertz CT molecular complexity index is 729. The van der Waals surface area contributed by atoms with E-state index in [0.29, 0.717) is 13.2 Å². The van der Waals surface area contributed by atoms with Crippen LogP contribution < -0.4 is 4.74 Å². The summed E-state index contributed by atoms with van der Waals surface area (Å²) in [6, 6.07) is 9.72. The molecule has 126 valence electrons. The molecule has 2 saturated carbocycles. The van der Waals surface area contributed by atoms with Gasteiger partial charge in [-0.1, -0.05) is 31.4 Å². The molecule has 1 aromatic heterocycles. The van der Waals surface area contributed by atoms with Gasteiger partial charge in [0.2, 0.25) is 0 Å². The minimum atomic E-state index is -0.158. The number of hydrogen-bond acceptors (Lipinski definition) is 4. The van der Waals surface area contributed by atoms with Crippen LogP contribution in [0.3, 0.4) is 0 Å². The second-order valence-corrected chi connectivity index (χ2v) is 7.09. The fourth-order valence-electron chi connectivity index (χ4n) is 3.53. The Kier molecular flexibility index (Phi) is 4.13. The zero-order chi connectivity index (χ0) is 16.4. The summed E-state index contributed by atoms with van der Waals surface area (Å²) in [4.78, 5) is 16.7. The van der Waals surface area contributed by atoms with Crippen molar-refractivity contribution in [3.63, 3.8) is 0 Å². The van der Waals surface area contributed by atoms with E-state index in [1.165, 1.54) is 19.3 Å². The van der Waals surface area contributed by atoms with Crippen LogP contribution in [0.2, 0.25) is 0 Å². The predicted molar refractivity (Wildman–Crippen MR) is 91.8 cm³/mol. The molecule has 0 spiro atoms. The monoisotopic (exact) mass is 325 g/mol. The van der Waals surface area contributed by atoms with Crippen molar-refractivity contribution in [2.45, 2.75) is 38.5 Å². The number of carbonyl (C=O) groups is 1. The Balaban J connectivity index is 1.27. The largest absolute Gasteiger partial charge is 0.489 e. The van der Waals surface area contributed by atoms with Crippen molar-refractivity contribution in [2.75, 3.05) is 13.2 Å². The third-order valence-electron chi connectivity index (χ3n) is 5.37. The number of esters is 1. The number of carbonyl (C=O) groups excluding carboxylic acids is 1. The number of aromatic nitrogens is 1. The van der Waals surface area contributed by atoms with Gasteiger partial charge in [0.05, 0.1) is 10.9 Å². The SMILES string of the molecule is O=C(OCCOc1ccnc2ccccc12)C1(CC2CCC2)CC1. The van der Waals surface area contributed by atoms with Gasteiger partial charge in [-0.05, 0) is 43.4 Å². The first-order chi connectivity index (χ1) is 11.8. The smallest absolute Gasteiger partial charge is 0.312 e. The zero-order valence-electron chi connectivity index (χ0n) is 13.9. The van der Waals surface area contributed by atoms with E-state index in [1.54, 1.807) is 6.20 Å². The molecule has 0 saturated heterocycles. The van der Waals surface area contributed by atoms with Crippen LogP contribution in [0.4, 0.5) is 0 Å². The zero-order valence-corrected chi connectivity index (χ0v) is 13.9. The maximum atomic E-state index is 12.3. The first-order valence-corrected chi connectivity index (χ1v) is 8.91. The van der Waals surface area contributed by atoms with E-state index < -0.39 is 0 Å². The summed E-state index contributed by atoms with van der Waals surface area (Å²) in [6.45, 7) is 0.682. The highest BCUT2D eigenvalue weighted by molar-refractivity contribution is 5.84. The number of para-hydroxylation sites is 1. The van der Waals surface area contributed by atoms with E-state index in [0.717, 1.165) is 41.8 Å². The van der Waals surface area contributed by atoms with E-state index in [4.69, 9.17) is 9.47 Å². The van der Waals surface area contributed by atoms with Crippen LogP contribution in [0, 0.1) is 11.3 Å². The van der Waals surface area contributed by atoms with Gasteiger partial charge in [0.25, 0.3) is 0 Å². The number of fused-ring (bicyclic) bond motifs is 1. The molecule has 2 fully saturated rings. The average Bonchev–Trinajstić information content (AvgIpc) is 3.36. The maximum Gasteiger partial charge on any atom is 0.312 e. The number of benzene rings is 1. The molecule has 2 aromatic rings. The lowest BCUT2D eigenvalue weighted by Gasteiger charge is -2.28. The van der Waals surface area contributed by atoms with Crippen LogP contribution >= 0.6 is 0 Å². The van der Waals surface area contributed by atoms with E-state index in [1.807, 2.05) is 30.3 Å².